The molecule has 3 N–H and O–H groups in total. The van der Waals surface area contributed by atoms with Crippen LogP contribution in [0.5, 0.6) is 5.75 Å². The van der Waals surface area contributed by atoms with Gasteiger partial charge < -0.3 is 25.5 Å². The van der Waals surface area contributed by atoms with E-state index in [0.29, 0.717) is 12.6 Å². The third-order valence-electron chi connectivity index (χ3n) is 6.13. The van der Waals surface area contributed by atoms with Crippen molar-refractivity contribution in [1.82, 2.24) is 25.1 Å². The van der Waals surface area contributed by atoms with Crippen molar-refractivity contribution in [3.63, 3.8) is 0 Å². The van der Waals surface area contributed by atoms with Crippen molar-refractivity contribution < 1.29 is 28.3 Å². The van der Waals surface area contributed by atoms with Gasteiger partial charge in [0.15, 0.2) is 11.4 Å². The van der Waals surface area contributed by atoms with Gasteiger partial charge >= 0.3 is 6.03 Å². The number of aromatic nitrogens is 1. The molecule has 0 spiro atoms. The first-order chi connectivity index (χ1) is 16.7. The standard InChI is InChI=1S/C22H24F2N6O5/c1-3-28-16-11-27(22(35)25-2)6-7-29(16)30-10-14(18(31)19(32)17(30)21(28)34)20(33)26-9-12-4-5-13(23)8-15(12)24/h4-5,8,10,16,32H,3,6-7,9,11H2,1-2H3,(H,25,35)(H,26,33)/t16-/m0/s1. The van der Waals surface area contributed by atoms with Gasteiger partial charge in [-0.05, 0) is 13.0 Å². The first kappa shape index (κ1) is 24.0. The number of aromatic hydroxyl groups is 1. The molecule has 4 rings (SSSR count). The van der Waals surface area contributed by atoms with Crippen LogP contribution in [0.15, 0.2) is 29.2 Å². The number of carbonyl (C=O) groups excluding carboxylic acids is 3. The Balaban J connectivity index is 1.68. The highest BCUT2D eigenvalue weighted by molar-refractivity contribution is 5.99. The molecular weight excluding hydrogens is 466 g/mol. The number of hydrogen-bond acceptors (Lipinski definition) is 6. The molecule has 4 amide bonds. The van der Waals surface area contributed by atoms with E-state index in [-0.39, 0.29) is 43.5 Å². The summed E-state index contributed by atoms with van der Waals surface area (Å²) in [5.74, 6) is -4.05. The second-order valence-electron chi connectivity index (χ2n) is 8.07. The summed E-state index contributed by atoms with van der Waals surface area (Å²) in [6.07, 6.45) is 0.554. The summed E-state index contributed by atoms with van der Waals surface area (Å²) in [6, 6.07) is 2.56. The number of pyridine rings is 1. The number of amides is 4. The minimum Gasteiger partial charge on any atom is -0.502 e. The average Bonchev–Trinajstić information content (AvgIpc) is 2.84. The van der Waals surface area contributed by atoms with Gasteiger partial charge in [0, 0.05) is 44.5 Å². The molecule has 1 aromatic heterocycles. The van der Waals surface area contributed by atoms with E-state index in [2.05, 4.69) is 10.6 Å². The number of piperazine rings is 1. The Labute approximate surface area is 198 Å². The summed E-state index contributed by atoms with van der Waals surface area (Å²) in [6.45, 7) is 2.36. The fourth-order valence-electron chi connectivity index (χ4n) is 4.32. The van der Waals surface area contributed by atoms with Crippen molar-refractivity contribution in [3.05, 3.63) is 63.1 Å². The summed E-state index contributed by atoms with van der Waals surface area (Å²) < 4.78 is 28.3. The Bertz CT molecular complexity index is 1270. The molecule has 1 atom stereocenters. The normalized spacial score (nSPS) is 17.1. The molecule has 35 heavy (non-hydrogen) atoms. The van der Waals surface area contributed by atoms with Gasteiger partial charge in [-0.2, -0.15) is 0 Å². The van der Waals surface area contributed by atoms with Crippen LogP contribution in [0.25, 0.3) is 0 Å². The number of hydrogen-bond donors (Lipinski definition) is 3. The molecule has 0 bridgehead atoms. The first-order valence-corrected chi connectivity index (χ1v) is 10.9. The summed E-state index contributed by atoms with van der Waals surface area (Å²) >= 11 is 0. The predicted molar refractivity (Wildman–Crippen MR) is 120 cm³/mol. The average molecular weight is 490 g/mol. The molecule has 186 valence electrons. The molecule has 1 aromatic carbocycles. The molecule has 0 saturated carbocycles. The van der Waals surface area contributed by atoms with Crippen LogP contribution in [0.3, 0.4) is 0 Å². The molecule has 2 aliphatic rings. The molecule has 0 unspecified atom stereocenters. The van der Waals surface area contributed by atoms with Crippen LogP contribution in [0.4, 0.5) is 13.6 Å². The largest absolute Gasteiger partial charge is 0.502 e. The molecule has 0 radical (unpaired) electrons. The fourth-order valence-corrected chi connectivity index (χ4v) is 4.32. The van der Waals surface area contributed by atoms with E-state index in [0.717, 1.165) is 18.3 Å². The first-order valence-electron chi connectivity index (χ1n) is 10.9. The van der Waals surface area contributed by atoms with Crippen molar-refractivity contribution in [2.45, 2.75) is 19.6 Å². The van der Waals surface area contributed by atoms with Gasteiger partial charge in [0.1, 0.15) is 23.4 Å². The van der Waals surface area contributed by atoms with E-state index in [9.17, 15) is 33.1 Å². The molecule has 3 heterocycles. The van der Waals surface area contributed by atoms with E-state index in [1.807, 2.05) is 0 Å². The summed E-state index contributed by atoms with van der Waals surface area (Å²) in [4.78, 5) is 53.9. The molecule has 1 fully saturated rings. The van der Waals surface area contributed by atoms with Crippen molar-refractivity contribution in [3.8, 4) is 5.75 Å². The van der Waals surface area contributed by atoms with Gasteiger partial charge in [0.25, 0.3) is 11.8 Å². The van der Waals surface area contributed by atoms with Crippen LogP contribution in [0.2, 0.25) is 0 Å². The highest BCUT2D eigenvalue weighted by atomic mass is 19.1. The maximum absolute atomic E-state index is 13.9. The SMILES string of the molecule is CCN1C(=O)c2c(O)c(=O)c(C(=O)NCc3ccc(F)cc3F)cn2N2CCN(C(=O)NC)C[C@@H]12. The van der Waals surface area contributed by atoms with Gasteiger partial charge in [-0.25, -0.2) is 13.6 Å². The van der Waals surface area contributed by atoms with Crippen molar-refractivity contribution in [2.24, 2.45) is 0 Å². The lowest BCUT2D eigenvalue weighted by Gasteiger charge is -2.51. The van der Waals surface area contributed by atoms with E-state index < -0.39 is 46.4 Å². The third kappa shape index (κ3) is 4.13. The van der Waals surface area contributed by atoms with Gasteiger partial charge in [-0.15, -0.1) is 0 Å². The maximum Gasteiger partial charge on any atom is 0.317 e. The lowest BCUT2D eigenvalue weighted by Crippen LogP contribution is -2.69. The van der Waals surface area contributed by atoms with Crippen molar-refractivity contribution in [1.29, 1.82) is 0 Å². The van der Waals surface area contributed by atoms with Gasteiger partial charge in [0.2, 0.25) is 5.43 Å². The lowest BCUT2D eigenvalue weighted by molar-refractivity contribution is 0.0464. The van der Waals surface area contributed by atoms with Crippen LogP contribution in [-0.4, -0.2) is 76.8 Å². The number of benzene rings is 1. The highest BCUT2D eigenvalue weighted by Crippen LogP contribution is 2.27. The number of carbonyl (C=O) groups is 3. The van der Waals surface area contributed by atoms with E-state index in [1.54, 1.807) is 11.9 Å². The zero-order valence-electron chi connectivity index (χ0n) is 19.0. The quantitative estimate of drug-likeness (QED) is 0.560. The molecule has 11 nitrogen and oxygen atoms in total. The predicted octanol–water partition coefficient (Wildman–Crippen LogP) is 0.157. The Kier molecular flexibility index (Phi) is 6.33. The maximum atomic E-state index is 13.9. The van der Waals surface area contributed by atoms with E-state index in [1.165, 1.54) is 21.5 Å². The van der Waals surface area contributed by atoms with E-state index >= 15 is 0 Å². The fraction of sp³-hybridized carbons (Fsp3) is 0.364. The topological polar surface area (TPSA) is 127 Å². The van der Waals surface area contributed by atoms with Gasteiger partial charge in [0.05, 0.1) is 13.1 Å². The van der Waals surface area contributed by atoms with Gasteiger partial charge in [-0.3, -0.25) is 24.1 Å². The van der Waals surface area contributed by atoms with Crippen LogP contribution in [0, 0.1) is 11.6 Å². The number of halogens is 2. The summed E-state index contributed by atoms with van der Waals surface area (Å²) in [5.41, 5.74) is -1.80. The minimum atomic E-state index is -1.06. The molecule has 1 saturated heterocycles. The zero-order valence-corrected chi connectivity index (χ0v) is 19.0. The van der Waals surface area contributed by atoms with Crippen LogP contribution in [0.1, 0.15) is 33.3 Å². The van der Waals surface area contributed by atoms with Crippen LogP contribution >= 0.6 is 0 Å². The number of nitrogens with one attached hydrogen (secondary N) is 2. The number of likely N-dealkylation sites (N-methyl/N-ethyl adjacent to an activating group) is 1. The molecule has 0 aliphatic carbocycles. The number of fused-ring (bicyclic) bond motifs is 3. The molecule has 13 heteroatoms. The van der Waals surface area contributed by atoms with Crippen LogP contribution in [-0.2, 0) is 6.54 Å². The third-order valence-corrected chi connectivity index (χ3v) is 6.13. The van der Waals surface area contributed by atoms with Crippen molar-refractivity contribution >= 4 is 17.8 Å². The smallest absolute Gasteiger partial charge is 0.317 e. The minimum absolute atomic E-state index is 0.00110. The number of rotatable bonds is 4. The summed E-state index contributed by atoms with van der Waals surface area (Å²) in [5, 5.41) is 17.2. The van der Waals surface area contributed by atoms with E-state index in [4.69, 9.17) is 0 Å². The van der Waals surface area contributed by atoms with Gasteiger partial charge in [-0.1, -0.05) is 6.07 Å². The Hall–Kier alpha value is -4.16. The second-order valence-corrected chi connectivity index (χ2v) is 8.07. The number of urea groups is 1. The monoisotopic (exact) mass is 490 g/mol. The Morgan fingerprint density at radius 1 is 1.20 bits per heavy atom. The summed E-state index contributed by atoms with van der Waals surface area (Å²) in [7, 11) is 1.50. The number of nitrogens with zero attached hydrogens (tertiary/aromatic N) is 4. The van der Waals surface area contributed by atoms with Crippen molar-refractivity contribution in [2.75, 3.05) is 38.2 Å². The lowest BCUT2D eigenvalue weighted by atomic mass is 10.1. The highest BCUT2D eigenvalue weighted by Gasteiger charge is 2.43. The molecule has 2 aliphatic heterocycles. The Morgan fingerprint density at radius 2 is 1.94 bits per heavy atom. The Morgan fingerprint density at radius 3 is 2.60 bits per heavy atom. The molecular formula is C22H24F2N6O5. The van der Waals surface area contributed by atoms with Crippen LogP contribution < -0.4 is 21.1 Å². The second kappa shape index (κ2) is 9.24. The molecule has 2 aromatic rings. The zero-order chi connectivity index (χ0) is 25.4.